The van der Waals surface area contributed by atoms with E-state index in [0.29, 0.717) is 18.9 Å². The number of carbonyl (C=O) groups excluding carboxylic acids is 2. The molecule has 1 aromatic rings. The fraction of sp³-hybridized carbons (Fsp3) is 0.400. The molecule has 0 radical (unpaired) electrons. The van der Waals surface area contributed by atoms with Crippen LogP contribution in [0.25, 0.3) is 0 Å². The number of carboxylic acids is 2. The topological polar surface area (TPSA) is 200 Å². The highest BCUT2D eigenvalue weighted by Crippen LogP contribution is 2.11. The second kappa shape index (κ2) is 10.1. The van der Waals surface area contributed by atoms with E-state index in [2.05, 4.69) is 25.9 Å². The van der Waals surface area contributed by atoms with Crippen LogP contribution in [0.3, 0.4) is 0 Å². The van der Waals surface area contributed by atoms with Crippen LogP contribution < -0.4 is 26.6 Å². The largest absolute Gasteiger partial charge is 0.481 e. The molecule has 176 valence electrons. The van der Waals surface area contributed by atoms with Gasteiger partial charge in [0, 0.05) is 17.7 Å². The summed E-state index contributed by atoms with van der Waals surface area (Å²) in [5.74, 6) is -2.84. The number of anilines is 1. The van der Waals surface area contributed by atoms with Gasteiger partial charge in [-0.25, -0.2) is 4.79 Å². The van der Waals surface area contributed by atoms with Gasteiger partial charge in [0.2, 0.25) is 12.0 Å². The van der Waals surface area contributed by atoms with Crippen molar-refractivity contribution in [3.05, 3.63) is 29.8 Å². The monoisotopic (exact) mass is 460 g/mol. The SMILES string of the molecule is C[NH+]1C2C(=O)NC(N)=NC2=NC[C@@H]1CNc1ccc(C(=O)N[C@@H](CCC(=O)O)C(=O)O)cc1. The summed E-state index contributed by atoms with van der Waals surface area (Å²) in [5, 5.41) is 26.0. The first-order chi connectivity index (χ1) is 15.7. The van der Waals surface area contributed by atoms with Crippen molar-refractivity contribution in [3.63, 3.8) is 0 Å². The first-order valence-electron chi connectivity index (χ1n) is 10.3. The number of fused-ring (bicyclic) bond motifs is 1. The van der Waals surface area contributed by atoms with E-state index in [9.17, 15) is 24.3 Å². The van der Waals surface area contributed by atoms with Crippen LogP contribution in [0.4, 0.5) is 5.69 Å². The molecule has 0 saturated heterocycles. The highest BCUT2D eigenvalue weighted by Gasteiger charge is 2.42. The molecule has 0 saturated carbocycles. The molecule has 2 amide bonds. The second-order valence-electron chi connectivity index (χ2n) is 7.81. The van der Waals surface area contributed by atoms with Gasteiger partial charge in [-0.2, -0.15) is 4.99 Å². The van der Waals surface area contributed by atoms with Gasteiger partial charge < -0.3 is 31.5 Å². The van der Waals surface area contributed by atoms with Crippen molar-refractivity contribution in [2.75, 3.05) is 25.5 Å². The van der Waals surface area contributed by atoms with Crippen molar-refractivity contribution in [2.24, 2.45) is 15.7 Å². The number of rotatable bonds is 9. The molecule has 3 rings (SSSR count). The smallest absolute Gasteiger partial charge is 0.326 e. The lowest BCUT2D eigenvalue weighted by Gasteiger charge is -2.35. The Morgan fingerprint density at radius 1 is 1.27 bits per heavy atom. The Balaban J connectivity index is 1.56. The zero-order valence-electron chi connectivity index (χ0n) is 17.9. The van der Waals surface area contributed by atoms with Gasteiger partial charge in [0.1, 0.15) is 12.1 Å². The maximum atomic E-state index is 12.3. The van der Waals surface area contributed by atoms with E-state index in [-0.39, 0.29) is 36.3 Å². The summed E-state index contributed by atoms with van der Waals surface area (Å²) in [6.07, 6.45) is -0.583. The molecule has 2 aliphatic rings. The van der Waals surface area contributed by atoms with Gasteiger partial charge in [-0.15, -0.1) is 0 Å². The summed E-state index contributed by atoms with van der Waals surface area (Å²) >= 11 is 0. The first-order valence-corrected chi connectivity index (χ1v) is 10.3. The van der Waals surface area contributed by atoms with Crippen molar-refractivity contribution < 1.29 is 34.3 Å². The normalized spacial score (nSPS) is 22.7. The number of guanidine groups is 1. The minimum Gasteiger partial charge on any atom is -0.481 e. The number of amides is 2. The third-order valence-corrected chi connectivity index (χ3v) is 5.53. The molecular formula is C20H26N7O6+. The predicted octanol–water partition coefficient (Wildman–Crippen LogP) is -2.75. The number of benzene rings is 1. The summed E-state index contributed by atoms with van der Waals surface area (Å²) in [5.41, 5.74) is 6.55. The van der Waals surface area contributed by atoms with Crippen LogP contribution in [0.1, 0.15) is 23.2 Å². The Labute approximate surface area is 188 Å². The number of quaternary nitrogens is 1. The Morgan fingerprint density at radius 2 is 1.97 bits per heavy atom. The van der Waals surface area contributed by atoms with Crippen molar-refractivity contribution in [3.8, 4) is 0 Å². The molecule has 0 spiro atoms. The standard InChI is InChI=1S/C20H25N7O6/c1-27-12(9-23-16-15(27)18(31)26-20(21)25-16)8-22-11-4-2-10(3-5-11)17(30)24-13(19(32)33)6-7-14(28)29/h2-5,12-13,15,22H,6-9H2,1H3,(H,24,30)(H,28,29)(H,32,33)(H3,21,23,25,26,31)/p+1/t12-,13-,15?/m0/s1. The van der Waals surface area contributed by atoms with Crippen LogP contribution >= 0.6 is 0 Å². The zero-order valence-corrected chi connectivity index (χ0v) is 17.9. The lowest BCUT2D eigenvalue weighted by Crippen LogP contribution is -3.21. The summed E-state index contributed by atoms with van der Waals surface area (Å²) < 4.78 is 0. The van der Waals surface area contributed by atoms with E-state index in [4.69, 9.17) is 10.8 Å². The fourth-order valence-corrected chi connectivity index (χ4v) is 3.62. The molecular weight excluding hydrogens is 434 g/mol. The van der Waals surface area contributed by atoms with E-state index in [1.54, 1.807) is 12.1 Å². The summed E-state index contributed by atoms with van der Waals surface area (Å²) in [6, 6.07) is 4.58. The number of aliphatic imine (C=N–C) groups is 2. The quantitative estimate of drug-likeness (QED) is 0.206. The number of hydrogen-bond donors (Lipinski definition) is 7. The number of nitrogens with one attached hydrogen (secondary N) is 4. The second-order valence-corrected chi connectivity index (χ2v) is 7.81. The molecule has 0 aromatic heterocycles. The molecule has 4 atom stereocenters. The molecule has 0 fully saturated rings. The molecule has 1 aromatic carbocycles. The number of carboxylic acid groups (broad SMARTS) is 2. The Bertz CT molecular complexity index is 1010. The average Bonchev–Trinajstić information content (AvgIpc) is 2.75. The highest BCUT2D eigenvalue weighted by atomic mass is 16.4. The number of nitrogens with two attached hydrogens (primary N) is 1. The molecule has 2 aliphatic heterocycles. The van der Waals surface area contributed by atoms with Crippen molar-refractivity contribution in [1.82, 2.24) is 10.6 Å². The third kappa shape index (κ3) is 5.83. The van der Waals surface area contributed by atoms with Crippen molar-refractivity contribution in [1.29, 1.82) is 0 Å². The number of hydrogen-bond acceptors (Lipinski definition) is 8. The Hall–Kier alpha value is -4.00. The van der Waals surface area contributed by atoms with Crippen molar-refractivity contribution in [2.45, 2.75) is 31.0 Å². The van der Waals surface area contributed by atoms with Crippen LogP contribution in [0.2, 0.25) is 0 Å². The van der Waals surface area contributed by atoms with E-state index in [0.717, 1.165) is 10.6 Å². The number of amidine groups is 1. The van der Waals surface area contributed by atoms with Gasteiger partial charge in [-0.1, -0.05) is 0 Å². The Kier molecular flexibility index (Phi) is 7.23. The molecule has 0 aliphatic carbocycles. The zero-order chi connectivity index (χ0) is 24.1. The molecule has 13 heteroatoms. The van der Waals surface area contributed by atoms with Crippen LogP contribution in [0.5, 0.6) is 0 Å². The van der Waals surface area contributed by atoms with E-state index < -0.39 is 29.9 Å². The Morgan fingerprint density at radius 3 is 2.61 bits per heavy atom. The van der Waals surface area contributed by atoms with Gasteiger partial charge >= 0.3 is 11.9 Å². The molecule has 13 nitrogen and oxygen atoms in total. The fourth-order valence-electron chi connectivity index (χ4n) is 3.62. The summed E-state index contributed by atoms with van der Waals surface area (Å²) in [6.45, 7) is 0.968. The van der Waals surface area contributed by atoms with Crippen molar-refractivity contribution >= 4 is 41.2 Å². The summed E-state index contributed by atoms with van der Waals surface area (Å²) in [7, 11) is 1.89. The molecule has 2 heterocycles. The van der Waals surface area contributed by atoms with Gasteiger partial charge in [-0.3, -0.25) is 24.7 Å². The maximum absolute atomic E-state index is 12.3. The predicted molar refractivity (Wildman–Crippen MR) is 117 cm³/mol. The number of carbonyl (C=O) groups is 4. The molecule has 2 unspecified atom stereocenters. The number of nitrogens with zero attached hydrogens (tertiary/aromatic N) is 2. The van der Waals surface area contributed by atoms with E-state index >= 15 is 0 Å². The number of likely N-dealkylation sites (N-methyl/N-ethyl adjacent to an activating group) is 1. The minimum atomic E-state index is -1.30. The van der Waals surface area contributed by atoms with Gasteiger partial charge in [-0.05, 0) is 30.7 Å². The molecule has 33 heavy (non-hydrogen) atoms. The molecule has 0 bridgehead atoms. The van der Waals surface area contributed by atoms with Crippen LogP contribution in [-0.4, -0.2) is 84.0 Å². The van der Waals surface area contributed by atoms with Crippen LogP contribution in [0.15, 0.2) is 34.3 Å². The summed E-state index contributed by atoms with van der Waals surface area (Å²) in [4.78, 5) is 55.9. The lowest BCUT2D eigenvalue weighted by molar-refractivity contribution is -0.910. The van der Waals surface area contributed by atoms with Gasteiger partial charge in [0.25, 0.3) is 11.8 Å². The lowest BCUT2D eigenvalue weighted by atomic mass is 10.1. The first kappa shape index (κ1) is 23.7. The molecule has 8 N–H and O–H groups in total. The minimum absolute atomic E-state index is 0.00689. The van der Waals surface area contributed by atoms with E-state index in [1.807, 2.05) is 7.05 Å². The van der Waals surface area contributed by atoms with Gasteiger partial charge in [0.15, 0.2) is 5.84 Å². The van der Waals surface area contributed by atoms with Crippen LogP contribution in [0, 0.1) is 0 Å². The highest BCUT2D eigenvalue weighted by molar-refractivity contribution is 6.18. The van der Waals surface area contributed by atoms with Gasteiger partial charge in [0.05, 0.1) is 20.1 Å². The average molecular weight is 460 g/mol. The third-order valence-electron chi connectivity index (χ3n) is 5.53. The van der Waals surface area contributed by atoms with Crippen LogP contribution in [-0.2, 0) is 14.4 Å². The maximum Gasteiger partial charge on any atom is 0.326 e. The van der Waals surface area contributed by atoms with E-state index in [1.165, 1.54) is 12.1 Å². The number of aliphatic carboxylic acids is 2.